The van der Waals surface area contributed by atoms with E-state index in [1.807, 2.05) is 42.8 Å². The molecule has 3 rings (SSSR count). The van der Waals surface area contributed by atoms with Crippen LogP contribution < -0.4 is 10.2 Å². The van der Waals surface area contributed by atoms with E-state index in [1.54, 1.807) is 17.7 Å². The van der Waals surface area contributed by atoms with Crippen molar-refractivity contribution < 1.29 is 9.53 Å². The number of amides is 1. The smallest absolute Gasteiger partial charge is 0.290 e. The van der Waals surface area contributed by atoms with Crippen LogP contribution in [0.15, 0.2) is 40.9 Å². The van der Waals surface area contributed by atoms with Crippen molar-refractivity contribution in [1.29, 1.82) is 0 Å². The first-order valence-electron chi connectivity index (χ1n) is 6.58. The second-order valence-corrected chi connectivity index (χ2v) is 5.45. The van der Waals surface area contributed by atoms with Gasteiger partial charge in [-0.05, 0) is 36.8 Å². The van der Waals surface area contributed by atoms with Crippen molar-refractivity contribution in [2.45, 2.75) is 6.92 Å². The molecular weight excluding hydrogens is 300 g/mol. The Morgan fingerprint density at radius 1 is 1.41 bits per heavy atom. The van der Waals surface area contributed by atoms with Gasteiger partial charge in [-0.3, -0.25) is 9.20 Å². The summed E-state index contributed by atoms with van der Waals surface area (Å²) in [7, 11) is 1.61. The van der Waals surface area contributed by atoms with Crippen LogP contribution in [0, 0.1) is 6.92 Å². The van der Waals surface area contributed by atoms with Gasteiger partial charge in [0, 0.05) is 11.6 Å². The van der Waals surface area contributed by atoms with Crippen molar-refractivity contribution in [3.8, 4) is 5.75 Å². The summed E-state index contributed by atoms with van der Waals surface area (Å²) >= 11 is 1.49. The lowest BCUT2D eigenvalue weighted by molar-refractivity contribution is 0.0948. The lowest BCUT2D eigenvalue weighted by Crippen LogP contribution is -2.20. The summed E-state index contributed by atoms with van der Waals surface area (Å²) in [6.07, 6.45) is 3.40. The van der Waals surface area contributed by atoms with Crippen LogP contribution in [-0.2, 0) is 0 Å². The van der Waals surface area contributed by atoms with Gasteiger partial charge in [0.15, 0.2) is 4.96 Å². The predicted octanol–water partition coefficient (Wildman–Crippen LogP) is 2.48. The summed E-state index contributed by atoms with van der Waals surface area (Å²) in [4.78, 5) is 17.4. The number of ether oxygens (including phenoxy) is 1. The number of nitrogens with one attached hydrogen (secondary N) is 1. The quantitative estimate of drug-likeness (QED) is 0.594. The molecular formula is C15H14N4O2S. The molecule has 3 aromatic rings. The van der Waals surface area contributed by atoms with E-state index in [0.717, 1.165) is 16.3 Å². The number of thiazole rings is 1. The summed E-state index contributed by atoms with van der Waals surface area (Å²) in [5.74, 6) is 0.490. The van der Waals surface area contributed by atoms with Gasteiger partial charge >= 0.3 is 0 Å². The first kappa shape index (κ1) is 14.3. The van der Waals surface area contributed by atoms with E-state index in [1.165, 1.54) is 11.3 Å². The van der Waals surface area contributed by atoms with Gasteiger partial charge in [-0.15, -0.1) is 11.3 Å². The van der Waals surface area contributed by atoms with Crippen molar-refractivity contribution in [1.82, 2.24) is 14.8 Å². The van der Waals surface area contributed by atoms with E-state index < -0.39 is 0 Å². The van der Waals surface area contributed by atoms with Crippen LogP contribution in [0.4, 0.5) is 0 Å². The fourth-order valence-electron chi connectivity index (χ4n) is 2.08. The first-order chi connectivity index (χ1) is 10.7. The Bertz CT molecular complexity index is 833. The molecule has 0 aliphatic heterocycles. The first-order valence-corrected chi connectivity index (χ1v) is 7.46. The van der Waals surface area contributed by atoms with Crippen LogP contribution in [-0.4, -0.2) is 28.6 Å². The van der Waals surface area contributed by atoms with Gasteiger partial charge in [0.1, 0.15) is 11.4 Å². The van der Waals surface area contributed by atoms with Crippen LogP contribution in [0.3, 0.4) is 0 Å². The monoisotopic (exact) mass is 314 g/mol. The normalized spacial score (nSPS) is 11.2. The fraction of sp³-hybridized carbons (Fsp3) is 0.133. The maximum absolute atomic E-state index is 12.2. The van der Waals surface area contributed by atoms with Crippen molar-refractivity contribution in [2.24, 2.45) is 5.10 Å². The van der Waals surface area contributed by atoms with Crippen LogP contribution in [0.2, 0.25) is 0 Å². The average Bonchev–Trinajstić information content (AvgIpc) is 3.07. The van der Waals surface area contributed by atoms with Gasteiger partial charge in [0.05, 0.1) is 19.0 Å². The summed E-state index contributed by atoms with van der Waals surface area (Å²) in [6, 6.07) is 7.38. The third-order valence-electron chi connectivity index (χ3n) is 3.15. The Labute approximate surface area is 131 Å². The molecule has 0 bridgehead atoms. The van der Waals surface area contributed by atoms with E-state index in [4.69, 9.17) is 4.74 Å². The maximum Gasteiger partial charge on any atom is 0.290 e. The zero-order valence-electron chi connectivity index (χ0n) is 12.1. The van der Waals surface area contributed by atoms with Gasteiger partial charge in [-0.25, -0.2) is 10.4 Å². The van der Waals surface area contributed by atoms with Crippen LogP contribution in [0.5, 0.6) is 5.75 Å². The lowest BCUT2D eigenvalue weighted by Gasteiger charge is -2.00. The number of imidazole rings is 1. The Kier molecular flexibility index (Phi) is 3.88. The summed E-state index contributed by atoms with van der Waals surface area (Å²) in [5, 5.41) is 5.87. The molecule has 0 aliphatic carbocycles. The second-order valence-electron chi connectivity index (χ2n) is 4.57. The van der Waals surface area contributed by atoms with Gasteiger partial charge in [-0.2, -0.15) is 5.10 Å². The highest BCUT2D eigenvalue weighted by molar-refractivity contribution is 7.15. The zero-order valence-corrected chi connectivity index (χ0v) is 12.9. The molecule has 0 saturated heterocycles. The number of aromatic nitrogens is 2. The van der Waals surface area contributed by atoms with Crippen molar-refractivity contribution >= 4 is 28.4 Å². The van der Waals surface area contributed by atoms with Gasteiger partial charge in [0.25, 0.3) is 5.91 Å². The molecule has 2 aromatic heterocycles. The van der Waals surface area contributed by atoms with E-state index in [2.05, 4.69) is 15.5 Å². The van der Waals surface area contributed by atoms with E-state index in [9.17, 15) is 4.79 Å². The molecule has 6 nitrogen and oxygen atoms in total. The molecule has 0 aliphatic rings. The molecule has 1 amide bonds. The summed E-state index contributed by atoms with van der Waals surface area (Å²) in [6.45, 7) is 1.81. The number of fused-ring (bicyclic) bond motifs is 1. The molecule has 0 fully saturated rings. The minimum absolute atomic E-state index is 0.284. The Balaban J connectivity index is 1.72. The molecule has 0 atom stereocenters. The third kappa shape index (κ3) is 2.71. The second kappa shape index (κ2) is 5.98. The predicted molar refractivity (Wildman–Crippen MR) is 85.9 cm³/mol. The topological polar surface area (TPSA) is 68.0 Å². The molecule has 0 radical (unpaired) electrons. The number of nitrogens with zero attached hydrogens (tertiary/aromatic N) is 3. The average molecular weight is 314 g/mol. The number of benzene rings is 1. The number of carbonyl (C=O) groups excluding carboxylic acids is 1. The maximum atomic E-state index is 12.2. The van der Waals surface area contributed by atoms with Crippen LogP contribution >= 0.6 is 11.3 Å². The van der Waals surface area contributed by atoms with Crippen molar-refractivity contribution in [3.05, 3.63) is 52.8 Å². The number of hydrogen-bond donors (Lipinski definition) is 1. The molecule has 7 heteroatoms. The van der Waals surface area contributed by atoms with E-state index >= 15 is 0 Å². The number of hydrazone groups is 1. The summed E-state index contributed by atoms with van der Waals surface area (Å²) < 4.78 is 6.85. The number of hydrogen-bond acceptors (Lipinski definition) is 5. The van der Waals surface area contributed by atoms with Crippen LogP contribution in [0.25, 0.3) is 4.96 Å². The summed E-state index contributed by atoms with van der Waals surface area (Å²) in [5.41, 5.74) is 4.58. The number of rotatable bonds is 4. The molecule has 0 unspecified atom stereocenters. The fourth-order valence-corrected chi connectivity index (χ4v) is 2.84. The van der Waals surface area contributed by atoms with Gasteiger partial charge < -0.3 is 4.74 Å². The molecule has 112 valence electrons. The number of aryl methyl sites for hydroxylation is 1. The molecule has 0 spiro atoms. The highest BCUT2D eigenvalue weighted by Gasteiger charge is 2.16. The minimum Gasteiger partial charge on any atom is -0.497 e. The lowest BCUT2D eigenvalue weighted by atomic mass is 10.2. The Morgan fingerprint density at radius 2 is 2.18 bits per heavy atom. The van der Waals surface area contributed by atoms with E-state index in [0.29, 0.717) is 11.4 Å². The van der Waals surface area contributed by atoms with E-state index in [-0.39, 0.29) is 5.91 Å². The van der Waals surface area contributed by atoms with Gasteiger partial charge in [-0.1, -0.05) is 0 Å². The standard InChI is InChI=1S/C15H14N4O2S/c1-10-13(19-7-8-22-15(19)17-10)14(20)18-16-9-11-3-5-12(21-2)6-4-11/h3-9H,1-2H3,(H,18,20)/b16-9-. The Hall–Kier alpha value is -2.67. The molecule has 1 aromatic carbocycles. The SMILES string of the molecule is COc1ccc(/C=N\NC(=O)c2c(C)nc3sccn23)cc1. The Morgan fingerprint density at radius 3 is 2.91 bits per heavy atom. The highest BCUT2D eigenvalue weighted by atomic mass is 32.1. The van der Waals surface area contributed by atoms with Gasteiger partial charge in [0.2, 0.25) is 0 Å². The van der Waals surface area contributed by atoms with Crippen LogP contribution in [0.1, 0.15) is 21.7 Å². The minimum atomic E-state index is -0.284. The number of carbonyl (C=O) groups is 1. The molecule has 2 heterocycles. The number of methoxy groups -OCH3 is 1. The largest absolute Gasteiger partial charge is 0.497 e. The zero-order chi connectivity index (χ0) is 15.5. The highest BCUT2D eigenvalue weighted by Crippen LogP contribution is 2.16. The molecule has 0 saturated carbocycles. The van der Waals surface area contributed by atoms with Crippen molar-refractivity contribution in [3.63, 3.8) is 0 Å². The third-order valence-corrected chi connectivity index (χ3v) is 3.90. The van der Waals surface area contributed by atoms with Crippen molar-refractivity contribution in [2.75, 3.05) is 7.11 Å². The molecule has 1 N–H and O–H groups in total. The molecule has 22 heavy (non-hydrogen) atoms.